The van der Waals surface area contributed by atoms with E-state index in [1.807, 2.05) is 26.8 Å². The monoisotopic (exact) mass is 472 g/mol. The molecule has 4 rings (SSSR count). The van der Waals surface area contributed by atoms with Gasteiger partial charge >= 0.3 is 6.03 Å². The first-order valence-electron chi connectivity index (χ1n) is 10.7. The molecule has 2 aliphatic heterocycles. The average Bonchev–Trinajstić information content (AvgIpc) is 3.36. The number of ether oxygens (including phenoxy) is 2. The van der Waals surface area contributed by atoms with Gasteiger partial charge in [-0.15, -0.1) is 11.3 Å². The predicted octanol–water partition coefficient (Wildman–Crippen LogP) is 3.77. The number of nitrogens with zero attached hydrogens (tertiary/aromatic N) is 1. The maximum absolute atomic E-state index is 13.5. The van der Waals surface area contributed by atoms with Crippen molar-refractivity contribution < 1.29 is 23.9 Å². The molecule has 0 bridgehead atoms. The summed E-state index contributed by atoms with van der Waals surface area (Å²) in [6, 6.07) is 6.44. The molecule has 0 spiro atoms. The predicted molar refractivity (Wildman–Crippen MR) is 126 cm³/mol. The maximum atomic E-state index is 13.5. The lowest BCUT2D eigenvalue weighted by molar-refractivity contribution is -0.133. The molecule has 3 N–H and O–H groups in total. The Balaban J connectivity index is 1.59. The van der Waals surface area contributed by atoms with Crippen LogP contribution in [0.5, 0.6) is 11.5 Å². The molecule has 2 aliphatic rings. The lowest BCUT2D eigenvalue weighted by atomic mass is 9.93. The van der Waals surface area contributed by atoms with Crippen molar-refractivity contribution in [1.82, 2.24) is 10.2 Å². The second-order valence-electron chi connectivity index (χ2n) is 9.52. The van der Waals surface area contributed by atoms with Gasteiger partial charge in [-0.3, -0.25) is 14.9 Å². The summed E-state index contributed by atoms with van der Waals surface area (Å²) in [5, 5.41) is 8.83. The highest BCUT2D eigenvalue weighted by molar-refractivity contribution is 7.16. The number of nitrogens with one attached hydrogen (secondary N) is 3. The SMILES string of the molecule is CC(C)(C)c1cc(C(=O)N2CCNC(=O)C2(C)C)c(NC(=O)Nc2ccc3c(c2)OCO3)s1. The molecular weight excluding hydrogens is 444 g/mol. The fourth-order valence-electron chi connectivity index (χ4n) is 3.65. The molecule has 9 nitrogen and oxygen atoms in total. The van der Waals surface area contributed by atoms with Crippen molar-refractivity contribution in [1.29, 1.82) is 0 Å². The second-order valence-corrected chi connectivity index (χ2v) is 10.6. The second kappa shape index (κ2) is 8.26. The molecule has 1 aromatic heterocycles. The molecule has 33 heavy (non-hydrogen) atoms. The van der Waals surface area contributed by atoms with Gasteiger partial charge in [-0.05, 0) is 37.5 Å². The normalized spacial score (nSPS) is 16.9. The molecule has 176 valence electrons. The summed E-state index contributed by atoms with van der Waals surface area (Å²) < 4.78 is 10.6. The smallest absolute Gasteiger partial charge is 0.324 e. The van der Waals surface area contributed by atoms with Crippen molar-refractivity contribution in [2.75, 3.05) is 30.5 Å². The molecule has 1 saturated heterocycles. The van der Waals surface area contributed by atoms with Crippen molar-refractivity contribution in [3.8, 4) is 11.5 Å². The number of benzene rings is 1. The summed E-state index contributed by atoms with van der Waals surface area (Å²) in [5.41, 5.74) is -0.312. The maximum Gasteiger partial charge on any atom is 0.324 e. The highest BCUT2D eigenvalue weighted by Gasteiger charge is 2.42. The summed E-state index contributed by atoms with van der Waals surface area (Å²) in [4.78, 5) is 41.2. The highest BCUT2D eigenvalue weighted by Crippen LogP contribution is 2.38. The number of urea groups is 1. The van der Waals surface area contributed by atoms with E-state index < -0.39 is 11.6 Å². The van der Waals surface area contributed by atoms with Crippen LogP contribution in [0.2, 0.25) is 0 Å². The molecule has 0 atom stereocenters. The van der Waals surface area contributed by atoms with E-state index in [0.29, 0.717) is 40.8 Å². The van der Waals surface area contributed by atoms with Crippen molar-refractivity contribution in [2.24, 2.45) is 0 Å². The molecule has 0 radical (unpaired) electrons. The lowest BCUT2D eigenvalue weighted by Gasteiger charge is -2.41. The van der Waals surface area contributed by atoms with Gasteiger partial charge in [-0.2, -0.15) is 0 Å². The Morgan fingerprint density at radius 2 is 1.85 bits per heavy atom. The van der Waals surface area contributed by atoms with Crippen LogP contribution in [0.15, 0.2) is 24.3 Å². The molecule has 0 saturated carbocycles. The third-order valence-corrected chi connectivity index (χ3v) is 7.13. The summed E-state index contributed by atoms with van der Waals surface area (Å²) in [6.45, 7) is 10.5. The van der Waals surface area contributed by atoms with Crippen molar-refractivity contribution in [3.63, 3.8) is 0 Å². The van der Waals surface area contributed by atoms with Crippen LogP contribution in [0.3, 0.4) is 0 Å². The minimum atomic E-state index is -0.995. The molecule has 3 heterocycles. The van der Waals surface area contributed by atoms with Crippen LogP contribution in [-0.4, -0.2) is 48.2 Å². The van der Waals surface area contributed by atoms with Gasteiger partial charge in [0.25, 0.3) is 5.91 Å². The number of carbonyl (C=O) groups excluding carboxylic acids is 3. The fourth-order valence-corrected chi connectivity index (χ4v) is 4.76. The molecule has 0 unspecified atom stereocenters. The largest absolute Gasteiger partial charge is 0.454 e. The Morgan fingerprint density at radius 3 is 2.58 bits per heavy atom. The summed E-state index contributed by atoms with van der Waals surface area (Å²) in [7, 11) is 0. The van der Waals surface area contributed by atoms with Crippen molar-refractivity contribution in [3.05, 3.63) is 34.7 Å². The average molecular weight is 473 g/mol. The first-order chi connectivity index (χ1) is 15.5. The van der Waals surface area contributed by atoms with E-state index in [-0.39, 0.29) is 24.0 Å². The Kier molecular flexibility index (Phi) is 5.73. The van der Waals surface area contributed by atoms with Gasteiger partial charge in [0.15, 0.2) is 11.5 Å². The Bertz CT molecular complexity index is 1120. The van der Waals surface area contributed by atoms with Gasteiger partial charge in [0.2, 0.25) is 12.7 Å². The summed E-state index contributed by atoms with van der Waals surface area (Å²) >= 11 is 1.35. The van der Waals surface area contributed by atoms with Crippen LogP contribution in [0.4, 0.5) is 15.5 Å². The highest BCUT2D eigenvalue weighted by atomic mass is 32.1. The zero-order chi connectivity index (χ0) is 24.0. The number of fused-ring (bicyclic) bond motifs is 1. The van der Waals surface area contributed by atoms with Gasteiger partial charge < -0.3 is 25.0 Å². The molecule has 10 heteroatoms. The Morgan fingerprint density at radius 1 is 1.12 bits per heavy atom. The summed E-state index contributed by atoms with van der Waals surface area (Å²) in [6.07, 6.45) is 0. The van der Waals surface area contributed by atoms with Gasteiger partial charge in [0, 0.05) is 29.7 Å². The van der Waals surface area contributed by atoms with Crippen LogP contribution in [0.1, 0.15) is 49.9 Å². The molecule has 1 aromatic carbocycles. The first-order valence-corrected chi connectivity index (χ1v) is 11.5. The number of piperazine rings is 1. The minimum Gasteiger partial charge on any atom is -0.454 e. The van der Waals surface area contributed by atoms with Crippen LogP contribution >= 0.6 is 11.3 Å². The molecular formula is C23H28N4O5S. The lowest BCUT2D eigenvalue weighted by Crippen LogP contribution is -2.63. The zero-order valence-electron chi connectivity index (χ0n) is 19.3. The van der Waals surface area contributed by atoms with Crippen molar-refractivity contribution in [2.45, 2.75) is 45.6 Å². The number of amides is 4. The number of hydrogen-bond donors (Lipinski definition) is 3. The number of carbonyl (C=O) groups is 3. The summed E-state index contributed by atoms with van der Waals surface area (Å²) in [5.74, 6) is 0.680. The van der Waals surface area contributed by atoms with Gasteiger partial charge in [-0.25, -0.2) is 4.79 Å². The molecule has 2 aromatic rings. The van der Waals surface area contributed by atoms with Gasteiger partial charge in [0.1, 0.15) is 10.5 Å². The third-order valence-electron chi connectivity index (χ3n) is 5.66. The van der Waals surface area contributed by atoms with Gasteiger partial charge in [0.05, 0.1) is 5.56 Å². The van der Waals surface area contributed by atoms with Crippen LogP contribution in [0, 0.1) is 0 Å². The van der Waals surface area contributed by atoms with Crippen LogP contribution < -0.4 is 25.4 Å². The first kappa shape index (κ1) is 22.9. The van der Waals surface area contributed by atoms with E-state index >= 15 is 0 Å². The Hall–Kier alpha value is -3.27. The fraction of sp³-hybridized carbons (Fsp3) is 0.435. The number of anilines is 2. The minimum absolute atomic E-state index is 0.145. The van der Waals surface area contributed by atoms with E-state index in [0.717, 1.165) is 4.88 Å². The van der Waals surface area contributed by atoms with Crippen LogP contribution in [-0.2, 0) is 10.2 Å². The van der Waals surface area contributed by atoms with E-state index in [1.54, 1.807) is 36.9 Å². The van der Waals surface area contributed by atoms with Crippen LogP contribution in [0.25, 0.3) is 0 Å². The molecule has 0 aliphatic carbocycles. The van der Waals surface area contributed by atoms with Gasteiger partial charge in [-0.1, -0.05) is 20.8 Å². The topological polar surface area (TPSA) is 109 Å². The number of rotatable bonds is 3. The quantitative estimate of drug-likeness (QED) is 0.630. The molecule has 1 fully saturated rings. The third kappa shape index (κ3) is 4.47. The standard InChI is InChI=1S/C23H28N4O5S/c1-22(2,3)17-11-14(19(28)27-9-8-24-20(29)23(27,4)5)18(33-17)26-21(30)25-13-6-7-15-16(10-13)32-12-31-15/h6-7,10-11H,8-9,12H2,1-5H3,(H,24,29)(H2,25,26,30). The Labute approximate surface area is 196 Å². The number of thiophene rings is 1. The zero-order valence-corrected chi connectivity index (χ0v) is 20.1. The van der Waals surface area contributed by atoms with E-state index in [1.165, 1.54) is 11.3 Å². The number of hydrogen-bond acceptors (Lipinski definition) is 6. The van der Waals surface area contributed by atoms with E-state index in [2.05, 4.69) is 16.0 Å². The van der Waals surface area contributed by atoms with E-state index in [9.17, 15) is 14.4 Å². The van der Waals surface area contributed by atoms with Crippen molar-refractivity contribution >= 4 is 39.9 Å². The molecule has 4 amide bonds. The van der Waals surface area contributed by atoms with E-state index in [4.69, 9.17) is 9.47 Å².